The minimum absolute atomic E-state index is 0. The summed E-state index contributed by atoms with van der Waals surface area (Å²) >= 11 is 0. The van der Waals surface area contributed by atoms with Gasteiger partial charge in [0.25, 0.3) is 0 Å². The first-order chi connectivity index (χ1) is 10.3. The summed E-state index contributed by atoms with van der Waals surface area (Å²) in [7, 11) is 0. The number of hydrogen-bond donors (Lipinski definition) is 1. The zero-order chi connectivity index (χ0) is 15.6. The van der Waals surface area contributed by atoms with Crippen molar-refractivity contribution >= 4 is 43.7 Å². The van der Waals surface area contributed by atoms with E-state index in [4.69, 9.17) is 5.11 Å². The molecule has 0 aromatic rings. The van der Waals surface area contributed by atoms with Crippen LogP contribution in [-0.4, -0.2) is 48.8 Å². The number of rotatable bonds is 17. The Morgan fingerprint density at radius 1 is 0.591 bits per heavy atom. The van der Waals surface area contributed by atoms with E-state index in [-0.39, 0.29) is 37.7 Å². The number of carbonyl (C=O) groups is 1. The maximum absolute atomic E-state index is 10.3. The van der Waals surface area contributed by atoms with E-state index in [0.29, 0.717) is 6.42 Å². The van der Waals surface area contributed by atoms with Crippen LogP contribution in [0, 0.1) is 0 Å². The van der Waals surface area contributed by atoms with Crippen molar-refractivity contribution in [2.24, 2.45) is 0 Å². The van der Waals surface area contributed by atoms with Crippen LogP contribution < -0.4 is 0 Å². The van der Waals surface area contributed by atoms with Crippen LogP contribution in [0.15, 0.2) is 0 Å². The van der Waals surface area contributed by atoms with Crippen molar-refractivity contribution in [3.05, 3.63) is 0 Å². The van der Waals surface area contributed by atoms with Crippen LogP contribution >= 0.6 is 0 Å². The predicted molar refractivity (Wildman–Crippen MR) is 100 cm³/mol. The molecule has 0 heterocycles. The van der Waals surface area contributed by atoms with Gasteiger partial charge in [-0.05, 0) is 6.42 Å². The number of carboxylic acid groups (broad SMARTS) is 1. The molecule has 0 aromatic heterocycles. The zero-order valence-corrected chi connectivity index (χ0v) is 14.4. The molecule has 0 fully saturated rings. The van der Waals surface area contributed by atoms with Crippen molar-refractivity contribution in [1.29, 1.82) is 0 Å². The Kier molecular flexibility index (Phi) is 24.7. The molecular weight excluding hydrogens is 300 g/mol. The average Bonchev–Trinajstić information content (AvgIpc) is 2.46. The van der Waals surface area contributed by atoms with Gasteiger partial charge in [0.1, 0.15) is 0 Å². The Hall–Kier alpha value is 0.730. The normalized spacial score (nSPS) is 10.4. The third-order valence-corrected chi connectivity index (χ3v) is 4.24. The first-order valence-corrected chi connectivity index (χ1v) is 9.49. The number of unbranched alkanes of at least 4 members (excludes halogenated alkanes) is 15. The molecule has 0 aromatic carbocycles. The summed E-state index contributed by atoms with van der Waals surface area (Å²) in [6.07, 6.45) is 21.7. The molecule has 0 bridgehead atoms. The molecule has 0 amide bonds. The van der Waals surface area contributed by atoms with Crippen LogP contribution in [-0.2, 0) is 4.79 Å². The molecule has 2 nitrogen and oxygen atoms in total. The topological polar surface area (TPSA) is 37.3 Å². The van der Waals surface area contributed by atoms with Gasteiger partial charge >= 0.3 is 43.7 Å². The van der Waals surface area contributed by atoms with Crippen LogP contribution in [0.2, 0.25) is 0 Å². The van der Waals surface area contributed by atoms with E-state index in [9.17, 15) is 4.79 Å². The molecule has 0 spiro atoms. The third-order valence-electron chi connectivity index (χ3n) is 4.24. The second-order valence-electron chi connectivity index (χ2n) is 6.45. The summed E-state index contributed by atoms with van der Waals surface area (Å²) < 4.78 is 0. The molecule has 22 heavy (non-hydrogen) atoms. The molecule has 130 valence electrons. The van der Waals surface area contributed by atoms with E-state index in [0.717, 1.165) is 12.8 Å². The van der Waals surface area contributed by atoms with Crippen molar-refractivity contribution < 1.29 is 9.90 Å². The average molecular weight is 341 g/mol. The summed E-state index contributed by atoms with van der Waals surface area (Å²) in [5.74, 6) is -0.652. The van der Waals surface area contributed by atoms with E-state index in [2.05, 4.69) is 6.92 Å². The third kappa shape index (κ3) is 23.0. The van der Waals surface area contributed by atoms with E-state index in [1.54, 1.807) is 0 Å². The van der Waals surface area contributed by atoms with E-state index in [1.807, 2.05) is 0 Å². The van der Waals surface area contributed by atoms with E-state index in [1.165, 1.54) is 89.9 Å². The fourth-order valence-corrected chi connectivity index (χ4v) is 2.82. The molecule has 0 radical (unpaired) electrons. The summed E-state index contributed by atoms with van der Waals surface area (Å²) in [5.41, 5.74) is 0. The molecule has 0 saturated carbocycles. The Labute approximate surface area is 168 Å². The van der Waals surface area contributed by atoms with Crippen LogP contribution in [0.25, 0.3) is 0 Å². The standard InChI is InChI=1S/C19H38O2.Ca.2H/c1-2-3-4-5-6-7-8-9-10-11-12-13-14-15-16-17-18-19(20)21;;;/h2-18H2,1H3,(H,20,21);;;. The van der Waals surface area contributed by atoms with Gasteiger partial charge in [-0.2, -0.15) is 0 Å². The van der Waals surface area contributed by atoms with Gasteiger partial charge < -0.3 is 5.11 Å². The van der Waals surface area contributed by atoms with Gasteiger partial charge in [-0.1, -0.05) is 103 Å². The van der Waals surface area contributed by atoms with Crippen molar-refractivity contribution in [3.63, 3.8) is 0 Å². The Balaban J connectivity index is 0. The minimum atomic E-state index is -0.652. The molecule has 0 saturated heterocycles. The van der Waals surface area contributed by atoms with Crippen molar-refractivity contribution in [1.82, 2.24) is 0 Å². The number of hydrogen-bond acceptors (Lipinski definition) is 1. The van der Waals surface area contributed by atoms with E-state index < -0.39 is 5.97 Å². The quantitative estimate of drug-likeness (QED) is 0.268. The SMILES string of the molecule is CCCCCCCCCCCCCCCCCCC(=O)O.[CaH2]. The predicted octanol–water partition coefficient (Wildman–Crippen LogP) is 5.81. The number of carboxylic acids is 1. The monoisotopic (exact) mass is 340 g/mol. The first-order valence-electron chi connectivity index (χ1n) is 9.49. The molecule has 0 aliphatic rings. The fourth-order valence-electron chi connectivity index (χ4n) is 2.82. The van der Waals surface area contributed by atoms with Gasteiger partial charge in [0.15, 0.2) is 0 Å². The molecular formula is C19H40CaO2. The number of aliphatic carboxylic acids is 1. The second kappa shape index (κ2) is 21.7. The molecule has 3 heteroatoms. The zero-order valence-electron chi connectivity index (χ0n) is 14.4. The Bertz CT molecular complexity index is 219. The summed E-state index contributed by atoms with van der Waals surface area (Å²) in [5, 5.41) is 8.53. The van der Waals surface area contributed by atoms with E-state index >= 15 is 0 Å². The summed E-state index contributed by atoms with van der Waals surface area (Å²) in [4.78, 5) is 10.3. The van der Waals surface area contributed by atoms with Crippen LogP contribution in [0.3, 0.4) is 0 Å². The van der Waals surface area contributed by atoms with Gasteiger partial charge in [0.05, 0.1) is 0 Å². The van der Waals surface area contributed by atoms with Gasteiger partial charge in [-0.15, -0.1) is 0 Å². The first kappa shape index (κ1) is 25.0. The van der Waals surface area contributed by atoms with Crippen LogP contribution in [0.5, 0.6) is 0 Å². The molecule has 0 rings (SSSR count). The van der Waals surface area contributed by atoms with Crippen molar-refractivity contribution in [2.75, 3.05) is 0 Å². The summed E-state index contributed by atoms with van der Waals surface area (Å²) in [6, 6.07) is 0. The molecule has 1 N–H and O–H groups in total. The van der Waals surface area contributed by atoms with Gasteiger partial charge in [-0.25, -0.2) is 0 Å². The van der Waals surface area contributed by atoms with Gasteiger partial charge in [0.2, 0.25) is 0 Å². The molecule has 0 atom stereocenters. The Morgan fingerprint density at radius 3 is 1.14 bits per heavy atom. The molecule has 0 aliphatic heterocycles. The fraction of sp³-hybridized carbons (Fsp3) is 0.947. The maximum atomic E-state index is 10.3. The summed E-state index contributed by atoms with van der Waals surface area (Å²) in [6.45, 7) is 2.27. The Morgan fingerprint density at radius 2 is 0.864 bits per heavy atom. The van der Waals surface area contributed by atoms with Crippen molar-refractivity contribution in [2.45, 2.75) is 116 Å². The van der Waals surface area contributed by atoms with Gasteiger partial charge in [0, 0.05) is 6.42 Å². The molecule has 0 unspecified atom stereocenters. The molecule has 0 aliphatic carbocycles. The van der Waals surface area contributed by atoms with Crippen LogP contribution in [0.1, 0.15) is 116 Å². The van der Waals surface area contributed by atoms with Crippen molar-refractivity contribution in [3.8, 4) is 0 Å². The van der Waals surface area contributed by atoms with Gasteiger partial charge in [-0.3, -0.25) is 4.79 Å². The van der Waals surface area contributed by atoms with Crippen LogP contribution in [0.4, 0.5) is 0 Å². The second-order valence-corrected chi connectivity index (χ2v) is 6.45.